The molecule has 3 nitrogen and oxygen atoms in total. The number of hydrogen-bond acceptors (Lipinski definition) is 2. The largest absolute Gasteiger partial charge is 0.369 e. The second-order valence-electron chi connectivity index (χ2n) is 8.90. The number of carbonyl (C=O) groups is 1. The molecule has 0 aliphatic carbocycles. The highest BCUT2D eigenvalue weighted by Crippen LogP contribution is 2.42. The van der Waals surface area contributed by atoms with E-state index < -0.39 is 5.41 Å². The van der Waals surface area contributed by atoms with E-state index in [4.69, 9.17) is 5.73 Å². The van der Waals surface area contributed by atoms with Crippen LogP contribution in [0.1, 0.15) is 87.5 Å². The molecule has 0 heterocycles. The molecule has 0 aromatic carbocycles. The molecule has 0 spiro atoms. The van der Waals surface area contributed by atoms with Crippen LogP contribution in [0.25, 0.3) is 0 Å². The van der Waals surface area contributed by atoms with Crippen molar-refractivity contribution in [2.45, 2.75) is 93.5 Å². The normalized spacial score (nSPS) is 14.2. The molecule has 1 amide bonds. The minimum Gasteiger partial charge on any atom is -0.369 e. The van der Waals surface area contributed by atoms with Crippen molar-refractivity contribution >= 4 is 5.91 Å². The van der Waals surface area contributed by atoms with Gasteiger partial charge in [0.25, 0.3) is 0 Å². The maximum absolute atomic E-state index is 12.8. The molecule has 24 heavy (non-hydrogen) atoms. The van der Waals surface area contributed by atoms with Gasteiger partial charge in [-0.05, 0) is 62.9 Å². The van der Waals surface area contributed by atoms with Gasteiger partial charge in [-0.1, -0.05) is 55.4 Å². The summed E-state index contributed by atoms with van der Waals surface area (Å²) >= 11 is 0. The molecule has 3 heteroatoms. The van der Waals surface area contributed by atoms with E-state index in [-0.39, 0.29) is 11.9 Å². The second kappa shape index (κ2) is 11.1. The number of nitrogens with zero attached hydrogens (tertiary/aromatic N) is 1. The standard InChI is InChI=1S/C21H44N2O/c1-9-11-23(12-10-2)19(13-16(3)4)21(20(22)24,14-17(5)6)15-18(7)8/h16-19H,9-15H2,1-8H3,(H2,22,24). The lowest BCUT2D eigenvalue weighted by Crippen LogP contribution is -2.56. The van der Waals surface area contributed by atoms with Crippen LogP contribution < -0.4 is 5.73 Å². The van der Waals surface area contributed by atoms with Crippen LogP contribution in [0.15, 0.2) is 0 Å². The average molecular weight is 341 g/mol. The molecule has 0 aliphatic rings. The second-order valence-corrected chi connectivity index (χ2v) is 8.90. The van der Waals surface area contributed by atoms with Crippen LogP contribution in [0, 0.1) is 23.2 Å². The van der Waals surface area contributed by atoms with E-state index in [2.05, 4.69) is 60.3 Å². The molecule has 144 valence electrons. The minimum absolute atomic E-state index is 0.0900. The zero-order valence-electron chi connectivity index (χ0n) is 17.7. The van der Waals surface area contributed by atoms with Gasteiger partial charge >= 0.3 is 0 Å². The Bertz CT molecular complexity index is 334. The maximum atomic E-state index is 12.8. The fraction of sp³-hybridized carbons (Fsp3) is 0.952. The molecule has 0 saturated heterocycles. The third-order valence-corrected chi connectivity index (χ3v) is 4.83. The summed E-state index contributed by atoms with van der Waals surface area (Å²) in [5.74, 6) is 1.41. The maximum Gasteiger partial charge on any atom is 0.225 e. The molecular weight excluding hydrogens is 296 g/mol. The van der Waals surface area contributed by atoms with E-state index in [1.807, 2.05) is 0 Å². The van der Waals surface area contributed by atoms with Crippen molar-refractivity contribution in [3.8, 4) is 0 Å². The van der Waals surface area contributed by atoms with Gasteiger partial charge in [-0.2, -0.15) is 0 Å². The molecule has 1 unspecified atom stereocenters. The lowest BCUT2D eigenvalue weighted by molar-refractivity contribution is -0.136. The van der Waals surface area contributed by atoms with Gasteiger partial charge in [0.1, 0.15) is 0 Å². The van der Waals surface area contributed by atoms with Crippen molar-refractivity contribution in [2.24, 2.45) is 28.9 Å². The van der Waals surface area contributed by atoms with Gasteiger partial charge in [-0.3, -0.25) is 9.69 Å². The lowest BCUT2D eigenvalue weighted by atomic mass is 9.66. The minimum atomic E-state index is -0.420. The summed E-state index contributed by atoms with van der Waals surface area (Å²) in [5.41, 5.74) is 5.69. The molecule has 0 radical (unpaired) electrons. The van der Waals surface area contributed by atoms with Gasteiger partial charge in [-0.15, -0.1) is 0 Å². The fourth-order valence-corrected chi connectivity index (χ4v) is 4.35. The van der Waals surface area contributed by atoms with E-state index in [9.17, 15) is 4.79 Å². The van der Waals surface area contributed by atoms with Crippen molar-refractivity contribution < 1.29 is 4.79 Å². The Kier molecular flexibility index (Phi) is 10.9. The summed E-state index contributed by atoms with van der Waals surface area (Å²) < 4.78 is 0. The fourth-order valence-electron chi connectivity index (χ4n) is 4.35. The number of hydrogen-bond donors (Lipinski definition) is 1. The summed E-state index contributed by atoms with van der Waals surface area (Å²) in [6, 6.07) is 0.250. The third-order valence-electron chi connectivity index (χ3n) is 4.83. The van der Waals surface area contributed by atoms with Crippen molar-refractivity contribution in [1.29, 1.82) is 0 Å². The van der Waals surface area contributed by atoms with Gasteiger partial charge in [0.2, 0.25) is 5.91 Å². The first-order chi connectivity index (χ1) is 11.1. The summed E-state index contributed by atoms with van der Waals surface area (Å²) in [6.07, 6.45) is 5.06. The van der Waals surface area contributed by atoms with E-state index in [1.165, 1.54) is 0 Å². The van der Waals surface area contributed by atoms with Crippen LogP contribution in [-0.4, -0.2) is 29.9 Å². The first-order valence-corrected chi connectivity index (χ1v) is 10.1. The van der Waals surface area contributed by atoms with Gasteiger partial charge in [0.05, 0.1) is 5.41 Å². The summed E-state index contributed by atoms with van der Waals surface area (Å²) in [6.45, 7) is 20.0. The molecular formula is C21H44N2O. The summed E-state index contributed by atoms with van der Waals surface area (Å²) in [7, 11) is 0. The van der Waals surface area contributed by atoms with Crippen molar-refractivity contribution in [3.63, 3.8) is 0 Å². The highest BCUT2D eigenvalue weighted by atomic mass is 16.1. The number of primary amides is 1. The van der Waals surface area contributed by atoms with E-state index >= 15 is 0 Å². The molecule has 0 bridgehead atoms. The molecule has 0 rings (SSSR count). The Morgan fingerprint density at radius 1 is 0.875 bits per heavy atom. The predicted molar refractivity (Wildman–Crippen MR) is 106 cm³/mol. The zero-order chi connectivity index (χ0) is 18.9. The molecule has 2 N–H and O–H groups in total. The van der Waals surface area contributed by atoms with E-state index in [0.717, 1.165) is 45.2 Å². The quantitative estimate of drug-likeness (QED) is 0.508. The highest BCUT2D eigenvalue weighted by Gasteiger charge is 2.47. The average Bonchev–Trinajstić information content (AvgIpc) is 2.42. The number of nitrogens with two attached hydrogens (primary N) is 1. The molecule has 0 aromatic heterocycles. The van der Waals surface area contributed by atoms with Crippen LogP contribution in [0.4, 0.5) is 0 Å². The number of carbonyl (C=O) groups excluding carboxylic acids is 1. The summed E-state index contributed by atoms with van der Waals surface area (Å²) in [5, 5.41) is 0. The lowest BCUT2D eigenvalue weighted by Gasteiger charge is -2.47. The monoisotopic (exact) mass is 340 g/mol. The number of rotatable bonds is 13. The van der Waals surface area contributed by atoms with E-state index in [1.54, 1.807) is 0 Å². The van der Waals surface area contributed by atoms with Gasteiger partial charge in [-0.25, -0.2) is 0 Å². The third kappa shape index (κ3) is 7.13. The Labute approximate surface area is 151 Å². The van der Waals surface area contributed by atoms with Crippen molar-refractivity contribution in [2.75, 3.05) is 13.1 Å². The SMILES string of the molecule is CCCN(CCC)C(CC(C)C)C(CC(C)C)(CC(C)C)C(N)=O. The first kappa shape index (κ1) is 23.4. The molecule has 0 aromatic rings. The topological polar surface area (TPSA) is 46.3 Å². The molecule has 0 saturated carbocycles. The van der Waals surface area contributed by atoms with Crippen LogP contribution in [0.2, 0.25) is 0 Å². The molecule has 1 atom stereocenters. The van der Waals surface area contributed by atoms with Crippen LogP contribution >= 0.6 is 0 Å². The Morgan fingerprint density at radius 3 is 1.54 bits per heavy atom. The molecule has 0 fully saturated rings. The highest BCUT2D eigenvalue weighted by molar-refractivity contribution is 5.81. The Morgan fingerprint density at radius 2 is 1.29 bits per heavy atom. The molecule has 0 aliphatic heterocycles. The van der Waals surface area contributed by atoms with Gasteiger partial charge < -0.3 is 5.73 Å². The summed E-state index contributed by atoms with van der Waals surface area (Å²) in [4.78, 5) is 15.4. The smallest absolute Gasteiger partial charge is 0.225 e. The predicted octanol–water partition coefficient (Wildman–Crippen LogP) is 5.09. The van der Waals surface area contributed by atoms with Crippen molar-refractivity contribution in [1.82, 2.24) is 4.90 Å². The van der Waals surface area contributed by atoms with Crippen LogP contribution in [0.5, 0.6) is 0 Å². The van der Waals surface area contributed by atoms with E-state index in [0.29, 0.717) is 17.8 Å². The zero-order valence-corrected chi connectivity index (χ0v) is 17.7. The van der Waals surface area contributed by atoms with Gasteiger partial charge in [0.15, 0.2) is 0 Å². The van der Waals surface area contributed by atoms with Gasteiger partial charge in [0, 0.05) is 6.04 Å². The first-order valence-electron chi connectivity index (χ1n) is 10.1. The van der Waals surface area contributed by atoms with Crippen LogP contribution in [0.3, 0.4) is 0 Å². The van der Waals surface area contributed by atoms with Crippen LogP contribution in [-0.2, 0) is 4.79 Å². The number of amides is 1. The Balaban J connectivity index is 6.03. The Hall–Kier alpha value is -0.570. The van der Waals surface area contributed by atoms with Crippen molar-refractivity contribution in [3.05, 3.63) is 0 Å².